The molecule has 1 fully saturated rings. The van der Waals surface area contributed by atoms with Gasteiger partial charge in [-0.2, -0.15) is 4.98 Å². The lowest BCUT2D eigenvalue weighted by atomic mass is 10.1. The van der Waals surface area contributed by atoms with Gasteiger partial charge < -0.3 is 9.42 Å². The van der Waals surface area contributed by atoms with Gasteiger partial charge in [-0.15, -0.1) is 11.3 Å². The first-order valence-corrected chi connectivity index (χ1v) is 11.3. The van der Waals surface area contributed by atoms with Crippen molar-refractivity contribution in [2.24, 2.45) is 0 Å². The predicted octanol–water partition coefficient (Wildman–Crippen LogP) is 5.60. The van der Waals surface area contributed by atoms with Crippen molar-refractivity contribution in [2.75, 3.05) is 11.4 Å². The molecule has 4 aromatic rings. The van der Waals surface area contributed by atoms with Gasteiger partial charge in [0.15, 0.2) is 0 Å². The molecule has 0 N–H and O–H groups in total. The third-order valence-corrected chi connectivity index (χ3v) is 6.53. The number of thiazole rings is 1. The summed E-state index contributed by atoms with van der Waals surface area (Å²) in [6.07, 6.45) is 1.25. The first-order chi connectivity index (χ1) is 15.1. The molecule has 2 aromatic heterocycles. The van der Waals surface area contributed by atoms with Gasteiger partial charge in [0.2, 0.25) is 17.6 Å². The molecule has 156 valence electrons. The molecule has 0 radical (unpaired) electrons. The molecule has 1 aliphatic rings. The quantitative estimate of drug-likeness (QED) is 0.396. The van der Waals surface area contributed by atoms with Crippen LogP contribution >= 0.6 is 22.9 Å². The van der Waals surface area contributed by atoms with Gasteiger partial charge in [0.05, 0.1) is 16.6 Å². The van der Waals surface area contributed by atoms with Crippen molar-refractivity contribution in [1.82, 2.24) is 15.1 Å². The molecular formula is C23H19ClN4O2S. The highest BCUT2D eigenvalue weighted by atomic mass is 35.5. The fourth-order valence-corrected chi connectivity index (χ4v) is 4.65. The van der Waals surface area contributed by atoms with Crippen LogP contribution in [-0.4, -0.2) is 27.6 Å². The Morgan fingerprint density at radius 1 is 1.16 bits per heavy atom. The first kappa shape index (κ1) is 19.9. The highest BCUT2D eigenvalue weighted by molar-refractivity contribution is 7.09. The van der Waals surface area contributed by atoms with Gasteiger partial charge in [-0.05, 0) is 30.7 Å². The number of anilines is 1. The third-order valence-electron chi connectivity index (χ3n) is 5.31. The summed E-state index contributed by atoms with van der Waals surface area (Å²) in [4.78, 5) is 23.5. The van der Waals surface area contributed by atoms with Crippen molar-refractivity contribution in [3.05, 3.63) is 69.8 Å². The molecular weight excluding hydrogens is 432 g/mol. The highest BCUT2D eigenvalue weighted by Crippen LogP contribution is 2.33. The van der Waals surface area contributed by atoms with Gasteiger partial charge in [-0.25, -0.2) is 4.98 Å². The summed E-state index contributed by atoms with van der Waals surface area (Å²) in [5.41, 5.74) is 3.60. The van der Waals surface area contributed by atoms with Crippen molar-refractivity contribution in [3.8, 4) is 22.6 Å². The maximum atomic E-state index is 12.6. The van der Waals surface area contributed by atoms with E-state index in [0.717, 1.165) is 33.9 Å². The summed E-state index contributed by atoms with van der Waals surface area (Å²) in [5, 5.41) is 7.94. The van der Waals surface area contributed by atoms with Crippen molar-refractivity contribution >= 4 is 34.5 Å². The Morgan fingerprint density at radius 3 is 2.81 bits per heavy atom. The van der Waals surface area contributed by atoms with E-state index in [4.69, 9.17) is 16.1 Å². The van der Waals surface area contributed by atoms with Crippen LogP contribution in [0, 0.1) is 0 Å². The Kier molecular flexibility index (Phi) is 5.29. The molecule has 6 nitrogen and oxygen atoms in total. The largest absolute Gasteiger partial charge is 0.339 e. The van der Waals surface area contributed by atoms with Crippen molar-refractivity contribution < 1.29 is 9.32 Å². The number of rotatable bonds is 5. The molecule has 1 saturated heterocycles. The molecule has 1 amide bonds. The molecule has 5 rings (SSSR count). The fourth-order valence-electron chi connectivity index (χ4n) is 3.71. The molecule has 0 unspecified atom stereocenters. The Bertz CT molecular complexity index is 1250. The van der Waals surface area contributed by atoms with Crippen LogP contribution in [0.25, 0.3) is 22.6 Å². The zero-order valence-electron chi connectivity index (χ0n) is 16.8. The minimum Gasteiger partial charge on any atom is -0.339 e. The average molecular weight is 451 g/mol. The molecule has 1 aliphatic heterocycles. The number of carbonyl (C=O) groups excluding carboxylic acids is 1. The summed E-state index contributed by atoms with van der Waals surface area (Å²) in [7, 11) is 0. The minimum absolute atomic E-state index is 0.0178. The van der Waals surface area contributed by atoms with Gasteiger partial charge in [0.25, 0.3) is 0 Å². The van der Waals surface area contributed by atoms with Gasteiger partial charge in [0.1, 0.15) is 0 Å². The topological polar surface area (TPSA) is 72.1 Å². The van der Waals surface area contributed by atoms with E-state index in [9.17, 15) is 4.79 Å². The number of aryl methyl sites for hydroxylation is 1. The normalized spacial score (nSPS) is 16.3. The number of aromatic nitrogens is 3. The Hall–Kier alpha value is -3.03. The summed E-state index contributed by atoms with van der Waals surface area (Å²) in [6.45, 7) is 2.58. The number of hydrogen-bond donors (Lipinski definition) is 0. The van der Waals surface area contributed by atoms with Crippen LogP contribution in [0.2, 0.25) is 5.02 Å². The maximum absolute atomic E-state index is 12.6. The zero-order valence-corrected chi connectivity index (χ0v) is 18.4. The van der Waals surface area contributed by atoms with Crippen LogP contribution in [0.3, 0.4) is 0 Å². The third kappa shape index (κ3) is 3.98. The lowest BCUT2D eigenvalue weighted by molar-refractivity contribution is -0.117. The SMILES string of the molecule is CCc1nc(-c2cccc(-c3noc([C@H]4CC(=O)N(c5cccc(Cl)c5)C4)n3)c2)cs1. The second-order valence-electron chi connectivity index (χ2n) is 7.40. The van der Waals surface area contributed by atoms with Crippen molar-refractivity contribution in [1.29, 1.82) is 0 Å². The lowest BCUT2D eigenvalue weighted by Gasteiger charge is -2.16. The second kappa shape index (κ2) is 8.24. The summed E-state index contributed by atoms with van der Waals surface area (Å²) in [6, 6.07) is 15.2. The number of hydrogen-bond acceptors (Lipinski definition) is 6. The second-order valence-corrected chi connectivity index (χ2v) is 8.78. The zero-order chi connectivity index (χ0) is 21.4. The summed E-state index contributed by atoms with van der Waals surface area (Å²) in [5.74, 6) is 0.850. The molecule has 3 heterocycles. The molecule has 8 heteroatoms. The number of nitrogens with zero attached hydrogens (tertiary/aromatic N) is 4. The van der Waals surface area contributed by atoms with E-state index in [0.29, 0.717) is 29.7 Å². The molecule has 1 atom stereocenters. The standard InChI is InChI=1S/C23H19ClN4O2S/c1-2-20-25-19(13-31-20)14-5-3-6-15(9-14)22-26-23(30-27-22)16-10-21(29)28(12-16)18-8-4-7-17(24)11-18/h3-9,11,13,16H,2,10,12H2,1H3/t16-/m0/s1. The minimum atomic E-state index is -0.151. The monoisotopic (exact) mass is 450 g/mol. The molecule has 0 spiro atoms. The van der Waals surface area contributed by atoms with Crippen molar-refractivity contribution in [3.63, 3.8) is 0 Å². The van der Waals surface area contributed by atoms with Crippen LogP contribution in [0.15, 0.2) is 58.4 Å². The number of amides is 1. The molecule has 2 aromatic carbocycles. The van der Waals surface area contributed by atoms with E-state index in [1.807, 2.05) is 36.4 Å². The van der Waals surface area contributed by atoms with Gasteiger partial charge in [-0.1, -0.05) is 47.9 Å². The molecule has 0 aliphatic carbocycles. The fraction of sp³-hybridized carbons (Fsp3) is 0.217. The van der Waals surface area contributed by atoms with Crippen LogP contribution in [0.1, 0.15) is 30.2 Å². The smallest absolute Gasteiger partial charge is 0.232 e. The van der Waals surface area contributed by atoms with E-state index < -0.39 is 0 Å². The first-order valence-electron chi connectivity index (χ1n) is 10.1. The Balaban J connectivity index is 1.37. The van der Waals surface area contributed by atoms with E-state index in [2.05, 4.69) is 27.4 Å². The highest BCUT2D eigenvalue weighted by Gasteiger charge is 2.35. The van der Waals surface area contributed by atoms with E-state index in [1.54, 1.807) is 28.4 Å². The average Bonchev–Trinajstić information content (AvgIpc) is 3.53. The van der Waals surface area contributed by atoms with Crippen LogP contribution in [-0.2, 0) is 11.2 Å². The van der Waals surface area contributed by atoms with E-state index >= 15 is 0 Å². The summed E-state index contributed by atoms with van der Waals surface area (Å²) >= 11 is 7.74. The van der Waals surface area contributed by atoms with E-state index in [-0.39, 0.29) is 11.8 Å². The van der Waals surface area contributed by atoms with Crippen molar-refractivity contribution in [2.45, 2.75) is 25.7 Å². The van der Waals surface area contributed by atoms with Gasteiger partial charge in [0, 0.05) is 40.2 Å². The van der Waals surface area contributed by atoms with Crippen LogP contribution in [0.4, 0.5) is 5.69 Å². The van der Waals surface area contributed by atoms with Gasteiger partial charge in [-0.3, -0.25) is 4.79 Å². The van der Waals surface area contributed by atoms with Crippen LogP contribution in [0.5, 0.6) is 0 Å². The number of halogens is 1. The van der Waals surface area contributed by atoms with E-state index in [1.165, 1.54) is 0 Å². The number of carbonyl (C=O) groups is 1. The molecule has 0 bridgehead atoms. The molecule has 0 saturated carbocycles. The number of benzene rings is 2. The lowest BCUT2D eigenvalue weighted by Crippen LogP contribution is -2.24. The molecule has 31 heavy (non-hydrogen) atoms. The Labute approximate surface area is 188 Å². The maximum Gasteiger partial charge on any atom is 0.232 e. The predicted molar refractivity (Wildman–Crippen MR) is 121 cm³/mol. The van der Waals surface area contributed by atoms with Gasteiger partial charge >= 0.3 is 0 Å². The Morgan fingerprint density at radius 2 is 2.00 bits per heavy atom. The van der Waals surface area contributed by atoms with Crippen LogP contribution < -0.4 is 4.90 Å². The summed E-state index contributed by atoms with van der Waals surface area (Å²) < 4.78 is 5.55.